The molecular weight excluding hydrogens is 364 g/mol. The quantitative estimate of drug-likeness (QED) is 0.451. The Hall–Kier alpha value is -2.24. The van der Waals surface area contributed by atoms with Crippen LogP contribution in [0.15, 0.2) is 59.9 Å². The normalized spacial score (nSPS) is 14.2. The van der Waals surface area contributed by atoms with E-state index in [1.165, 1.54) is 18.2 Å². The van der Waals surface area contributed by atoms with Gasteiger partial charge in [0.1, 0.15) is 0 Å². The summed E-state index contributed by atoms with van der Waals surface area (Å²) in [6.45, 7) is 0. The number of para-hydroxylation sites is 1. The molecule has 0 aliphatic heterocycles. The number of benzene rings is 2. The Kier molecular flexibility index (Phi) is 3.98. The minimum absolute atomic E-state index is 0.502. The first kappa shape index (κ1) is 16.0. The molecule has 4 nitrogen and oxygen atoms in total. The van der Waals surface area contributed by atoms with E-state index in [4.69, 9.17) is 11.6 Å². The lowest BCUT2D eigenvalue weighted by atomic mass is 10.1. The number of aromatic amines is 1. The first-order valence-electron chi connectivity index (χ1n) is 8.69. The molecule has 6 heteroatoms. The highest BCUT2D eigenvalue weighted by atomic mass is 35.5. The summed E-state index contributed by atoms with van der Waals surface area (Å²) in [6.07, 6.45) is 4.41. The zero-order valence-corrected chi connectivity index (χ0v) is 15.6. The van der Waals surface area contributed by atoms with E-state index in [1.54, 1.807) is 11.8 Å². The first-order valence-corrected chi connectivity index (χ1v) is 10.1. The van der Waals surface area contributed by atoms with Gasteiger partial charge in [-0.3, -0.25) is 4.57 Å². The predicted molar refractivity (Wildman–Crippen MR) is 107 cm³/mol. The molecular formula is C20H17ClN4S. The van der Waals surface area contributed by atoms with E-state index in [9.17, 15) is 0 Å². The maximum atomic E-state index is 6.30. The van der Waals surface area contributed by atoms with E-state index in [1.807, 2.05) is 30.5 Å². The molecule has 5 rings (SSSR count). The van der Waals surface area contributed by atoms with E-state index in [2.05, 4.69) is 44.0 Å². The van der Waals surface area contributed by atoms with E-state index in [0.29, 0.717) is 6.04 Å². The molecule has 130 valence electrons. The number of nitrogens with zero attached hydrogens (tertiary/aromatic N) is 3. The Morgan fingerprint density at radius 3 is 2.73 bits per heavy atom. The number of hydrogen-bond acceptors (Lipinski definition) is 3. The van der Waals surface area contributed by atoms with Crippen LogP contribution in [0.25, 0.3) is 22.3 Å². The summed E-state index contributed by atoms with van der Waals surface area (Å²) in [5, 5.41) is 12.0. The lowest BCUT2D eigenvalue weighted by Crippen LogP contribution is -1.99. The van der Waals surface area contributed by atoms with Crippen LogP contribution in [-0.4, -0.2) is 19.7 Å². The molecule has 1 N–H and O–H groups in total. The Labute approximate surface area is 160 Å². The highest BCUT2D eigenvalue weighted by molar-refractivity contribution is 7.98. The molecule has 0 spiro atoms. The van der Waals surface area contributed by atoms with Crippen molar-refractivity contribution in [1.82, 2.24) is 19.7 Å². The average molecular weight is 381 g/mol. The van der Waals surface area contributed by atoms with Gasteiger partial charge < -0.3 is 4.98 Å². The molecule has 2 heterocycles. The summed E-state index contributed by atoms with van der Waals surface area (Å²) >= 11 is 8.00. The van der Waals surface area contributed by atoms with Crippen molar-refractivity contribution in [2.45, 2.75) is 29.8 Å². The van der Waals surface area contributed by atoms with Crippen molar-refractivity contribution in [2.24, 2.45) is 0 Å². The second kappa shape index (κ2) is 6.49. The van der Waals surface area contributed by atoms with Gasteiger partial charge in [0.15, 0.2) is 11.0 Å². The number of aromatic nitrogens is 4. The molecule has 1 aliphatic carbocycles. The van der Waals surface area contributed by atoms with E-state index in [-0.39, 0.29) is 0 Å². The Balaban J connectivity index is 1.51. The van der Waals surface area contributed by atoms with E-state index in [0.717, 1.165) is 38.4 Å². The van der Waals surface area contributed by atoms with Gasteiger partial charge in [0.2, 0.25) is 0 Å². The molecule has 1 aliphatic rings. The van der Waals surface area contributed by atoms with Crippen molar-refractivity contribution < 1.29 is 0 Å². The van der Waals surface area contributed by atoms with Gasteiger partial charge in [-0.1, -0.05) is 59.8 Å². The maximum absolute atomic E-state index is 6.30. The molecule has 2 aromatic heterocycles. The van der Waals surface area contributed by atoms with Crippen molar-refractivity contribution in [3.05, 3.63) is 65.3 Å². The fourth-order valence-corrected chi connectivity index (χ4v) is 4.53. The van der Waals surface area contributed by atoms with Crippen molar-refractivity contribution in [3.8, 4) is 11.4 Å². The number of fused-ring (bicyclic) bond motifs is 1. The van der Waals surface area contributed by atoms with Gasteiger partial charge in [-0.15, -0.1) is 10.2 Å². The number of H-pyrrole nitrogens is 1. The summed E-state index contributed by atoms with van der Waals surface area (Å²) in [5.74, 6) is 1.74. The number of rotatable bonds is 5. The highest BCUT2D eigenvalue weighted by Gasteiger charge is 2.30. The summed E-state index contributed by atoms with van der Waals surface area (Å²) in [5.41, 5.74) is 3.36. The first-order chi connectivity index (χ1) is 12.8. The molecule has 0 unspecified atom stereocenters. The van der Waals surface area contributed by atoms with Gasteiger partial charge in [-0.05, 0) is 30.5 Å². The minimum Gasteiger partial charge on any atom is -0.360 e. The maximum Gasteiger partial charge on any atom is 0.192 e. The van der Waals surface area contributed by atoms with Gasteiger partial charge >= 0.3 is 0 Å². The molecule has 0 amide bonds. The number of thioether (sulfide) groups is 1. The van der Waals surface area contributed by atoms with Crippen molar-refractivity contribution >= 4 is 34.3 Å². The number of halogens is 1. The van der Waals surface area contributed by atoms with Gasteiger partial charge in [-0.25, -0.2) is 0 Å². The van der Waals surface area contributed by atoms with Crippen LogP contribution in [0.4, 0.5) is 0 Å². The van der Waals surface area contributed by atoms with Crippen LogP contribution in [0.3, 0.4) is 0 Å². The van der Waals surface area contributed by atoms with Crippen LogP contribution in [0, 0.1) is 0 Å². The smallest absolute Gasteiger partial charge is 0.192 e. The monoisotopic (exact) mass is 380 g/mol. The summed E-state index contributed by atoms with van der Waals surface area (Å²) < 4.78 is 2.30. The minimum atomic E-state index is 0.502. The van der Waals surface area contributed by atoms with Crippen LogP contribution in [0.1, 0.15) is 24.4 Å². The van der Waals surface area contributed by atoms with Crippen LogP contribution < -0.4 is 0 Å². The molecule has 1 saturated carbocycles. The lowest BCUT2D eigenvalue weighted by Gasteiger charge is -2.09. The molecule has 0 radical (unpaired) electrons. The average Bonchev–Trinajstić information content (AvgIpc) is 3.28. The Morgan fingerprint density at radius 1 is 1.08 bits per heavy atom. The molecule has 1 fully saturated rings. The fourth-order valence-electron chi connectivity index (χ4n) is 3.24. The Bertz CT molecular complexity index is 1080. The molecule has 26 heavy (non-hydrogen) atoms. The van der Waals surface area contributed by atoms with Gasteiger partial charge in [0, 0.05) is 39.5 Å². The van der Waals surface area contributed by atoms with Crippen molar-refractivity contribution in [1.29, 1.82) is 0 Å². The zero-order chi connectivity index (χ0) is 17.5. The number of hydrogen-bond donors (Lipinski definition) is 1. The largest absolute Gasteiger partial charge is 0.360 e. The predicted octanol–water partition coefficient (Wildman–Crippen LogP) is 5.71. The summed E-state index contributed by atoms with van der Waals surface area (Å²) in [7, 11) is 0. The lowest BCUT2D eigenvalue weighted by molar-refractivity contribution is 0.669. The van der Waals surface area contributed by atoms with Crippen LogP contribution >= 0.6 is 23.4 Å². The molecule has 4 aromatic rings. The second-order valence-corrected chi connectivity index (χ2v) is 7.89. The van der Waals surface area contributed by atoms with Gasteiger partial charge in [-0.2, -0.15) is 0 Å². The van der Waals surface area contributed by atoms with Crippen LogP contribution in [0.5, 0.6) is 0 Å². The summed E-state index contributed by atoms with van der Waals surface area (Å²) in [4.78, 5) is 3.34. The SMILES string of the molecule is Clc1ccccc1CSc1nnc(-c2c[nH]c3ccccc23)n1C1CC1. The Morgan fingerprint density at radius 2 is 1.88 bits per heavy atom. The van der Waals surface area contributed by atoms with Crippen LogP contribution in [-0.2, 0) is 5.75 Å². The second-order valence-electron chi connectivity index (χ2n) is 6.54. The third-order valence-electron chi connectivity index (χ3n) is 4.72. The van der Waals surface area contributed by atoms with E-state index >= 15 is 0 Å². The van der Waals surface area contributed by atoms with Gasteiger partial charge in [0.25, 0.3) is 0 Å². The highest BCUT2D eigenvalue weighted by Crippen LogP contribution is 2.42. The molecule has 2 aromatic carbocycles. The van der Waals surface area contributed by atoms with E-state index < -0.39 is 0 Å². The van der Waals surface area contributed by atoms with Gasteiger partial charge in [0.05, 0.1) is 0 Å². The molecule has 0 atom stereocenters. The molecule has 0 saturated heterocycles. The topological polar surface area (TPSA) is 46.5 Å². The third kappa shape index (κ3) is 2.81. The molecule has 0 bridgehead atoms. The number of nitrogens with one attached hydrogen (secondary N) is 1. The standard InChI is InChI=1S/C20H17ClN4S/c21-17-7-3-1-5-13(17)12-26-20-24-23-19(25(20)14-9-10-14)16-11-22-18-8-4-2-6-15(16)18/h1-8,11,14,22H,9-10,12H2. The van der Waals surface area contributed by atoms with Crippen molar-refractivity contribution in [3.63, 3.8) is 0 Å². The zero-order valence-electron chi connectivity index (χ0n) is 14.0. The van der Waals surface area contributed by atoms with Crippen molar-refractivity contribution in [2.75, 3.05) is 0 Å². The third-order valence-corrected chi connectivity index (χ3v) is 6.08. The fraction of sp³-hybridized carbons (Fsp3) is 0.200. The summed E-state index contributed by atoms with van der Waals surface area (Å²) in [6, 6.07) is 16.8. The van der Waals surface area contributed by atoms with Crippen LogP contribution in [0.2, 0.25) is 5.02 Å².